The summed E-state index contributed by atoms with van der Waals surface area (Å²) in [5.74, 6) is 0. The molecule has 0 aromatic heterocycles. The van der Waals surface area contributed by atoms with Crippen molar-refractivity contribution in [3.8, 4) is 33.4 Å². The zero-order valence-corrected chi connectivity index (χ0v) is 30.3. The van der Waals surface area contributed by atoms with Crippen molar-refractivity contribution in [3.63, 3.8) is 0 Å². The van der Waals surface area contributed by atoms with Crippen molar-refractivity contribution < 1.29 is 0 Å². The molecule has 2 heterocycles. The average Bonchev–Trinajstić information content (AvgIpc) is 3.63. The van der Waals surface area contributed by atoms with Gasteiger partial charge in [0.2, 0.25) is 0 Å². The van der Waals surface area contributed by atoms with E-state index in [1.807, 2.05) is 6.07 Å². The Hall–Kier alpha value is -6.56. The van der Waals surface area contributed by atoms with Crippen LogP contribution < -0.4 is 26.6 Å². The van der Waals surface area contributed by atoms with E-state index in [9.17, 15) is 0 Å². The molecule has 0 bridgehead atoms. The predicted octanol–water partition coefficient (Wildman–Crippen LogP) is 11.5. The molecule has 7 aromatic rings. The number of benzene rings is 7. The predicted molar refractivity (Wildman–Crippen MR) is 226 cm³/mol. The number of rotatable bonds is 8. The Kier molecular flexibility index (Phi) is 8.91. The summed E-state index contributed by atoms with van der Waals surface area (Å²) in [5, 5.41) is 11.4. The Balaban J connectivity index is 1.05. The monoisotopic (exact) mass is 701 g/mol. The minimum Gasteiger partial charge on any atom is -0.399 e. The van der Waals surface area contributed by atoms with Crippen LogP contribution in [0.2, 0.25) is 0 Å². The first-order chi connectivity index (χ1) is 26.6. The Morgan fingerprint density at radius 3 is 2.00 bits per heavy atom. The molecule has 0 amide bonds. The van der Waals surface area contributed by atoms with Gasteiger partial charge in [-0.15, -0.1) is 0 Å². The second kappa shape index (κ2) is 14.5. The summed E-state index contributed by atoms with van der Waals surface area (Å²) in [4.78, 5) is 2.42. The number of hydrogen-bond acceptors (Lipinski definition) is 5. The average molecular weight is 702 g/mol. The molecule has 3 atom stereocenters. The zero-order valence-electron chi connectivity index (χ0n) is 30.3. The molecular weight excluding hydrogens is 659 g/mol. The molecule has 54 heavy (non-hydrogen) atoms. The molecule has 2 aliphatic heterocycles. The lowest BCUT2D eigenvalue weighted by molar-refractivity contribution is 0.443. The number of para-hydroxylation sites is 2. The van der Waals surface area contributed by atoms with E-state index in [4.69, 9.17) is 5.73 Å². The van der Waals surface area contributed by atoms with E-state index >= 15 is 0 Å². The van der Waals surface area contributed by atoms with Gasteiger partial charge in [0.15, 0.2) is 0 Å². The fourth-order valence-corrected chi connectivity index (χ4v) is 7.93. The van der Waals surface area contributed by atoms with Gasteiger partial charge in [-0.3, -0.25) is 5.32 Å². The molecule has 0 spiro atoms. The molecule has 3 unspecified atom stereocenters. The maximum atomic E-state index is 6.50. The highest BCUT2D eigenvalue weighted by molar-refractivity contribution is 5.88. The van der Waals surface area contributed by atoms with Crippen molar-refractivity contribution >= 4 is 28.4 Å². The number of nitrogens with zero attached hydrogens (tertiary/aromatic N) is 1. The lowest BCUT2D eigenvalue weighted by atomic mass is 9.91. The molecule has 0 fully saturated rings. The molecule has 0 radical (unpaired) electrons. The zero-order chi connectivity index (χ0) is 36.4. The SMILES string of the molecule is CCC1Nc2ccccc2N1c1cccc(-c2cccc(-c3ccc(N)cc3-c3cccc(C4NC(c5ccccc5)=CC(c5ccccc5)N4)c3)c2)c1. The minimum absolute atomic E-state index is 0.0461. The van der Waals surface area contributed by atoms with Gasteiger partial charge in [0.1, 0.15) is 12.3 Å². The summed E-state index contributed by atoms with van der Waals surface area (Å²) in [5.41, 5.74) is 22.3. The molecular formula is C49H43N5. The molecule has 0 saturated heterocycles. The number of hydrogen-bond donors (Lipinski definition) is 4. The third kappa shape index (κ3) is 6.51. The van der Waals surface area contributed by atoms with Crippen molar-refractivity contribution in [3.05, 3.63) is 199 Å². The molecule has 264 valence electrons. The molecule has 0 aliphatic carbocycles. The summed E-state index contributed by atoms with van der Waals surface area (Å²) in [6, 6.07) is 62.6. The van der Waals surface area contributed by atoms with Crippen LogP contribution in [0.1, 0.15) is 42.2 Å². The molecule has 5 N–H and O–H groups in total. The van der Waals surface area contributed by atoms with Crippen molar-refractivity contribution in [2.75, 3.05) is 16.0 Å². The van der Waals surface area contributed by atoms with Crippen LogP contribution in [0.3, 0.4) is 0 Å². The van der Waals surface area contributed by atoms with Crippen molar-refractivity contribution in [2.45, 2.75) is 31.7 Å². The fourth-order valence-electron chi connectivity index (χ4n) is 7.93. The minimum atomic E-state index is -0.111. The first kappa shape index (κ1) is 33.3. The van der Waals surface area contributed by atoms with E-state index in [0.717, 1.165) is 51.2 Å². The van der Waals surface area contributed by atoms with Crippen LogP contribution in [-0.4, -0.2) is 6.17 Å². The molecule has 9 rings (SSSR count). The summed E-state index contributed by atoms with van der Waals surface area (Å²) in [7, 11) is 0. The van der Waals surface area contributed by atoms with Gasteiger partial charge in [-0.2, -0.15) is 0 Å². The molecule has 0 saturated carbocycles. The topological polar surface area (TPSA) is 65.3 Å². The maximum absolute atomic E-state index is 6.50. The molecule has 5 nitrogen and oxygen atoms in total. The van der Waals surface area contributed by atoms with Crippen LogP contribution in [0.15, 0.2) is 182 Å². The number of nitrogens with one attached hydrogen (secondary N) is 3. The quantitative estimate of drug-likeness (QED) is 0.119. The lowest BCUT2D eigenvalue weighted by Crippen LogP contribution is -2.39. The van der Waals surface area contributed by atoms with E-state index in [0.29, 0.717) is 0 Å². The van der Waals surface area contributed by atoms with Crippen LogP contribution in [0, 0.1) is 0 Å². The molecule has 5 heteroatoms. The summed E-state index contributed by atoms with van der Waals surface area (Å²) >= 11 is 0. The normalized spacial score (nSPS) is 17.6. The van der Waals surface area contributed by atoms with Crippen LogP contribution in [0.4, 0.5) is 22.7 Å². The van der Waals surface area contributed by atoms with Gasteiger partial charge in [-0.25, -0.2) is 0 Å². The molecule has 2 aliphatic rings. The number of nitrogens with two attached hydrogens (primary N) is 1. The number of anilines is 4. The van der Waals surface area contributed by atoms with Crippen molar-refractivity contribution in [1.82, 2.24) is 10.6 Å². The van der Waals surface area contributed by atoms with Gasteiger partial charge in [0.05, 0.1) is 17.4 Å². The number of fused-ring (bicyclic) bond motifs is 1. The number of nitrogen functional groups attached to an aromatic ring is 1. The van der Waals surface area contributed by atoms with Gasteiger partial charge < -0.3 is 21.3 Å². The summed E-state index contributed by atoms with van der Waals surface area (Å²) in [6.45, 7) is 2.23. The highest BCUT2D eigenvalue weighted by Crippen LogP contribution is 2.42. The highest BCUT2D eigenvalue weighted by atomic mass is 15.3. The largest absolute Gasteiger partial charge is 0.399 e. The second-order valence-corrected chi connectivity index (χ2v) is 14.1. The third-order valence-electron chi connectivity index (χ3n) is 10.6. The van der Waals surface area contributed by atoms with Gasteiger partial charge >= 0.3 is 0 Å². The Bertz CT molecular complexity index is 2460. The van der Waals surface area contributed by atoms with Crippen LogP contribution in [-0.2, 0) is 0 Å². The molecule has 7 aromatic carbocycles. The van der Waals surface area contributed by atoms with Crippen molar-refractivity contribution in [2.24, 2.45) is 0 Å². The van der Waals surface area contributed by atoms with E-state index in [1.165, 1.54) is 33.8 Å². The van der Waals surface area contributed by atoms with Crippen molar-refractivity contribution in [1.29, 1.82) is 0 Å². The summed E-state index contributed by atoms with van der Waals surface area (Å²) in [6.07, 6.45) is 3.37. The Morgan fingerprint density at radius 2 is 1.19 bits per heavy atom. The smallest absolute Gasteiger partial charge is 0.104 e. The first-order valence-electron chi connectivity index (χ1n) is 18.8. The highest BCUT2D eigenvalue weighted by Gasteiger charge is 2.29. The van der Waals surface area contributed by atoms with Crippen LogP contribution in [0.25, 0.3) is 39.1 Å². The fraction of sp³-hybridized carbons (Fsp3) is 0.102. The Morgan fingerprint density at radius 1 is 0.537 bits per heavy atom. The first-order valence-corrected chi connectivity index (χ1v) is 18.8. The van der Waals surface area contributed by atoms with E-state index < -0.39 is 0 Å². The second-order valence-electron chi connectivity index (χ2n) is 14.1. The van der Waals surface area contributed by atoms with Gasteiger partial charge in [-0.1, -0.05) is 134 Å². The maximum Gasteiger partial charge on any atom is 0.104 e. The standard InChI is InChI=1S/C49H43N5/c1-2-48-51-44-24-9-10-25-47(44)54(48)41-23-13-19-36(30-41)35-18-11-20-37(28-35)42-27-26-40(50)31-43(42)38-21-12-22-39(29-38)49-52-45(33-14-5-3-6-15-33)32-46(53-49)34-16-7-4-8-17-34/h3-32,45,48-49,51-53H,2,50H2,1H3. The van der Waals surface area contributed by atoms with Crippen LogP contribution in [0.5, 0.6) is 0 Å². The van der Waals surface area contributed by atoms with Gasteiger partial charge in [0.25, 0.3) is 0 Å². The van der Waals surface area contributed by atoms with E-state index in [-0.39, 0.29) is 18.4 Å². The Labute approximate surface area is 317 Å². The third-order valence-corrected chi connectivity index (χ3v) is 10.6. The van der Waals surface area contributed by atoms with E-state index in [1.54, 1.807) is 0 Å². The van der Waals surface area contributed by atoms with Crippen LogP contribution >= 0.6 is 0 Å². The van der Waals surface area contributed by atoms with E-state index in [2.05, 4.69) is 204 Å². The summed E-state index contributed by atoms with van der Waals surface area (Å²) < 4.78 is 0. The van der Waals surface area contributed by atoms with Gasteiger partial charge in [0, 0.05) is 17.1 Å². The lowest BCUT2D eigenvalue weighted by Gasteiger charge is -2.33. The van der Waals surface area contributed by atoms with Gasteiger partial charge in [-0.05, 0) is 111 Å².